The zero-order chi connectivity index (χ0) is 11.3. The van der Waals surface area contributed by atoms with E-state index in [9.17, 15) is 9.18 Å². The molecule has 15 heavy (non-hydrogen) atoms. The molecule has 0 aromatic heterocycles. The van der Waals surface area contributed by atoms with Crippen molar-refractivity contribution < 1.29 is 13.9 Å². The van der Waals surface area contributed by atoms with E-state index in [1.807, 2.05) is 0 Å². The third-order valence-corrected chi connectivity index (χ3v) is 1.94. The van der Waals surface area contributed by atoms with Crippen molar-refractivity contribution in [3.8, 4) is 0 Å². The van der Waals surface area contributed by atoms with Gasteiger partial charge in [-0.2, -0.15) is 0 Å². The van der Waals surface area contributed by atoms with Gasteiger partial charge in [-0.05, 0) is 31.2 Å². The van der Waals surface area contributed by atoms with Crippen LogP contribution in [-0.2, 0) is 9.53 Å². The average Bonchev–Trinajstić information content (AvgIpc) is 2.18. The molecule has 0 unspecified atom stereocenters. The standard InChI is InChI=1S/C11H14FNO2/c1-3-15-11(14)8-13(2)10-6-4-9(12)5-7-10/h4-7H,3,8H2,1-2H3. The average molecular weight is 211 g/mol. The summed E-state index contributed by atoms with van der Waals surface area (Å²) in [5.41, 5.74) is 0.782. The molecule has 3 nitrogen and oxygen atoms in total. The van der Waals surface area contributed by atoms with Gasteiger partial charge in [0.25, 0.3) is 0 Å². The topological polar surface area (TPSA) is 29.5 Å². The van der Waals surface area contributed by atoms with Crippen LogP contribution in [0.5, 0.6) is 0 Å². The zero-order valence-electron chi connectivity index (χ0n) is 8.87. The maximum atomic E-state index is 12.6. The summed E-state index contributed by atoms with van der Waals surface area (Å²) in [6, 6.07) is 5.96. The summed E-state index contributed by atoms with van der Waals surface area (Å²) < 4.78 is 17.4. The first-order valence-corrected chi connectivity index (χ1v) is 4.75. The summed E-state index contributed by atoms with van der Waals surface area (Å²) in [7, 11) is 1.75. The maximum Gasteiger partial charge on any atom is 0.325 e. The second-order valence-corrected chi connectivity index (χ2v) is 3.14. The van der Waals surface area contributed by atoms with Crippen molar-refractivity contribution in [2.45, 2.75) is 6.92 Å². The summed E-state index contributed by atoms with van der Waals surface area (Å²) in [6.07, 6.45) is 0. The van der Waals surface area contributed by atoms with E-state index in [-0.39, 0.29) is 18.3 Å². The fraction of sp³-hybridized carbons (Fsp3) is 0.364. The Labute approximate surface area is 88.5 Å². The van der Waals surface area contributed by atoms with Gasteiger partial charge in [0.2, 0.25) is 0 Å². The highest BCUT2D eigenvalue weighted by Crippen LogP contribution is 2.12. The molecule has 0 aliphatic carbocycles. The number of halogens is 1. The number of benzene rings is 1. The number of hydrogen-bond donors (Lipinski definition) is 0. The first kappa shape index (κ1) is 11.5. The van der Waals surface area contributed by atoms with Crippen molar-refractivity contribution in [3.05, 3.63) is 30.1 Å². The van der Waals surface area contributed by atoms with Crippen LogP contribution in [0.15, 0.2) is 24.3 Å². The van der Waals surface area contributed by atoms with Crippen LogP contribution in [0.25, 0.3) is 0 Å². The first-order valence-electron chi connectivity index (χ1n) is 4.75. The van der Waals surface area contributed by atoms with Crippen molar-refractivity contribution >= 4 is 11.7 Å². The molecule has 0 N–H and O–H groups in total. The second kappa shape index (κ2) is 5.34. The van der Waals surface area contributed by atoms with Crippen LogP contribution in [0.3, 0.4) is 0 Å². The number of rotatable bonds is 4. The van der Waals surface area contributed by atoms with Crippen LogP contribution in [0, 0.1) is 5.82 Å². The SMILES string of the molecule is CCOC(=O)CN(C)c1ccc(F)cc1. The summed E-state index contributed by atoms with van der Waals surface area (Å²) in [4.78, 5) is 12.9. The molecular weight excluding hydrogens is 197 g/mol. The van der Waals surface area contributed by atoms with Gasteiger partial charge in [-0.1, -0.05) is 0 Å². The molecule has 0 amide bonds. The molecule has 0 aliphatic heterocycles. The molecule has 0 aliphatic rings. The summed E-state index contributed by atoms with van der Waals surface area (Å²) in [6.45, 7) is 2.30. The van der Waals surface area contributed by atoms with Gasteiger partial charge >= 0.3 is 5.97 Å². The van der Waals surface area contributed by atoms with Crippen LogP contribution in [-0.4, -0.2) is 26.2 Å². The van der Waals surface area contributed by atoms with Crippen molar-refractivity contribution in [3.63, 3.8) is 0 Å². The monoisotopic (exact) mass is 211 g/mol. The lowest BCUT2D eigenvalue weighted by molar-refractivity contribution is -0.141. The minimum Gasteiger partial charge on any atom is -0.465 e. The number of carbonyl (C=O) groups is 1. The van der Waals surface area contributed by atoms with Crippen LogP contribution >= 0.6 is 0 Å². The molecule has 0 spiro atoms. The van der Waals surface area contributed by atoms with E-state index < -0.39 is 0 Å². The highest BCUT2D eigenvalue weighted by Gasteiger charge is 2.07. The Morgan fingerprint density at radius 1 is 1.40 bits per heavy atom. The lowest BCUT2D eigenvalue weighted by atomic mass is 10.3. The van der Waals surface area contributed by atoms with Gasteiger partial charge in [0.05, 0.1) is 6.61 Å². The smallest absolute Gasteiger partial charge is 0.325 e. The third-order valence-electron chi connectivity index (χ3n) is 1.94. The van der Waals surface area contributed by atoms with Crippen LogP contribution in [0.2, 0.25) is 0 Å². The van der Waals surface area contributed by atoms with E-state index >= 15 is 0 Å². The fourth-order valence-electron chi connectivity index (χ4n) is 1.19. The zero-order valence-corrected chi connectivity index (χ0v) is 8.87. The lowest BCUT2D eigenvalue weighted by Gasteiger charge is -2.17. The Kier molecular flexibility index (Phi) is 4.09. The van der Waals surface area contributed by atoms with Gasteiger partial charge in [-0.15, -0.1) is 0 Å². The van der Waals surface area contributed by atoms with Gasteiger partial charge < -0.3 is 9.64 Å². The van der Waals surface area contributed by atoms with Gasteiger partial charge in [-0.3, -0.25) is 4.79 Å². The molecule has 0 saturated carbocycles. The number of anilines is 1. The molecule has 82 valence electrons. The van der Waals surface area contributed by atoms with E-state index in [1.165, 1.54) is 12.1 Å². The first-order chi connectivity index (χ1) is 7.13. The Morgan fingerprint density at radius 3 is 2.53 bits per heavy atom. The highest BCUT2D eigenvalue weighted by molar-refractivity contribution is 5.75. The van der Waals surface area contributed by atoms with Gasteiger partial charge in [0.15, 0.2) is 0 Å². The molecule has 0 saturated heterocycles. The molecule has 1 aromatic rings. The lowest BCUT2D eigenvalue weighted by Crippen LogP contribution is -2.27. The minimum atomic E-state index is -0.289. The Balaban J connectivity index is 2.57. The Bertz CT molecular complexity index is 324. The Hall–Kier alpha value is -1.58. The van der Waals surface area contributed by atoms with E-state index in [0.29, 0.717) is 6.61 Å². The van der Waals surface area contributed by atoms with Crippen LogP contribution in [0.4, 0.5) is 10.1 Å². The van der Waals surface area contributed by atoms with Crippen LogP contribution < -0.4 is 4.90 Å². The predicted molar refractivity (Wildman–Crippen MR) is 56.3 cm³/mol. The number of carbonyl (C=O) groups excluding carboxylic acids is 1. The normalized spacial score (nSPS) is 9.80. The number of ether oxygens (including phenoxy) is 1. The molecule has 0 heterocycles. The summed E-state index contributed by atoms with van der Waals surface area (Å²) in [5, 5.41) is 0. The van der Waals surface area contributed by atoms with E-state index in [2.05, 4.69) is 0 Å². The molecule has 0 fully saturated rings. The molecular formula is C11H14FNO2. The third kappa shape index (κ3) is 3.58. The number of hydrogen-bond acceptors (Lipinski definition) is 3. The Morgan fingerprint density at radius 2 is 2.00 bits per heavy atom. The fourth-order valence-corrected chi connectivity index (χ4v) is 1.19. The summed E-state index contributed by atoms with van der Waals surface area (Å²) >= 11 is 0. The van der Waals surface area contributed by atoms with Gasteiger partial charge in [0.1, 0.15) is 12.4 Å². The van der Waals surface area contributed by atoms with E-state index in [1.54, 1.807) is 31.0 Å². The molecule has 0 bridgehead atoms. The van der Waals surface area contributed by atoms with Crippen molar-refractivity contribution in [1.82, 2.24) is 0 Å². The summed E-state index contributed by atoms with van der Waals surface area (Å²) in [5.74, 6) is -0.576. The van der Waals surface area contributed by atoms with E-state index in [0.717, 1.165) is 5.69 Å². The maximum absolute atomic E-state index is 12.6. The van der Waals surface area contributed by atoms with Crippen molar-refractivity contribution in [2.75, 3.05) is 25.1 Å². The largest absolute Gasteiger partial charge is 0.465 e. The van der Waals surface area contributed by atoms with Gasteiger partial charge in [0, 0.05) is 12.7 Å². The second-order valence-electron chi connectivity index (χ2n) is 3.14. The minimum absolute atomic E-state index is 0.166. The molecule has 1 rings (SSSR count). The van der Waals surface area contributed by atoms with Crippen LogP contribution in [0.1, 0.15) is 6.92 Å². The molecule has 1 aromatic carbocycles. The van der Waals surface area contributed by atoms with Crippen molar-refractivity contribution in [2.24, 2.45) is 0 Å². The molecule has 0 atom stereocenters. The number of nitrogens with zero attached hydrogens (tertiary/aromatic N) is 1. The quantitative estimate of drug-likeness (QED) is 0.711. The van der Waals surface area contributed by atoms with E-state index in [4.69, 9.17) is 4.74 Å². The number of esters is 1. The molecule has 0 radical (unpaired) electrons. The predicted octanol–water partition coefficient (Wildman–Crippen LogP) is 1.82. The number of likely N-dealkylation sites (N-methyl/N-ethyl adjacent to an activating group) is 1. The van der Waals surface area contributed by atoms with Crippen molar-refractivity contribution in [1.29, 1.82) is 0 Å². The van der Waals surface area contributed by atoms with Gasteiger partial charge in [-0.25, -0.2) is 4.39 Å². The molecule has 4 heteroatoms. The highest BCUT2D eigenvalue weighted by atomic mass is 19.1.